The van der Waals surface area contributed by atoms with Gasteiger partial charge in [0.1, 0.15) is 0 Å². The summed E-state index contributed by atoms with van der Waals surface area (Å²) in [7, 11) is 0. The van der Waals surface area contributed by atoms with E-state index in [0.717, 1.165) is 11.8 Å². The minimum Gasteiger partial charge on any atom is -0.0985 e. The molecule has 0 nitrogen and oxygen atoms in total. The summed E-state index contributed by atoms with van der Waals surface area (Å²) in [5, 5.41) is 0. The van der Waals surface area contributed by atoms with E-state index in [2.05, 4.69) is 24.8 Å². The molecule has 0 heterocycles. The lowest BCUT2D eigenvalue weighted by Gasteiger charge is -2.56. The molecule has 4 rings (SSSR count). The lowest BCUT2D eigenvalue weighted by molar-refractivity contribution is 0.437. The van der Waals surface area contributed by atoms with Crippen LogP contribution < -0.4 is 0 Å². The Hall–Kier alpha value is -1.30. The summed E-state index contributed by atoms with van der Waals surface area (Å²) < 4.78 is 0. The maximum absolute atomic E-state index is 3.84. The zero-order valence-electron chi connectivity index (χ0n) is 6.67. The molecule has 56 valence electrons. The minimum atomic E-state index is 0.790. The monoisotopic (exact) mass is 152 g/mol. The molecule has 0 heteroatoms. The molecule has 0 N–H and O–H groups in total. The first-order valence-corrected chi connectivity index (χ1v) is 4.42. The molecule has 0 saturated carbocycles. The van der Waals surface area contributed by atoms with E-state index >= 15 is 0 Å². The lowest BCUT2D eigenvalue weighted by atomic mass is 9.47. The van der Waals surface area contributed by atoms with Crippen molar-refractivity contribution >= 4 is 0 Å². The average Bonchev–Trinajstić information content (AvgIpc) is 1.96. The van der Waals surface area contributed by atoms with E-state index in [9.17, 15) is 0 Å². The van der Waals surface area contributed by atoms with Crippen molar-refractivity contribution in [2.45, 2.75) is 0 Å². The van der Waals surface area contributed by atoms with E-state index in [0.29, 0.717) is 0 Å². The Bertz CT molecular complexity index is 452. The van der Waals surface area contributed by atoms with Gasteiger partial charge in [0.2, 0.25) is 0 Å². The van der Waals surface area contributed by atoms with Crippen molar-refractivity contribution in [1.82, 2.24) is 0 Å². The molecule has 0 aromatic carbocycles. The Balaban J connectivity index is 2.07. The van der Waals surface area contributed by atoms with E-state index in [1.807, 2.05) is 6.08 Å². The van der Waals surface area contributed by atoms with Gasteiger partial charge < -0.3 is 0 Å². The Morgan fingerprint density at radius 2 is 1.92 bits per heavy atom. The van der Waals surface area contributed by atoms with Crippen molar-refractivity contribution in [3.63, 3.8) is 0 Å². The summed E-state index contributed by atoms with van der Waals surface area (Å²) in [5.41, 5.74) is 7.63. The minimum absolute atomic E-state index is 0.790. The van der Waals surface area contributed by atoms with Gasteiger partial charge in [-0.2, -0.15) is 0 Å². The highest BCUT2D eigenvalue weighted by molar-refractivity contribution is 5.77. The second-order valence-corrected chi connectivity index (χ2v) is 3.91. The molecular formula is C12H8. The molecule has 0 bridgehead atoms. The van der Waals surface area contributed by atoms with Gasteiger partial charge in [-0.05, 0) is 27.9 Å². The molecule has 2 atom stereocenters. The summed E-state index contributed by atoms with van der Waals surface area (Å²) in [4.78, 5) is 0. The van der Waals surface area contributed by atoms with Crippen LogP contribution in [-0.2, 0) is 0 Å². The summed E-state index contributed by atoms with van der Waals surface area (Å²) in [5.74, 6) is 1.60. The van der Waals surface area contributed by atoms with Crippen LogP contribution >= 0.6 is 0 Å². The van der Waals surface area contributed by atoms with E-state index in [1.54, 1.807) is 11.1 Å². The van der Waals surface area contributed by atoms with Gasteiger partial charge in [-0.3, -0.25) is 0 Å². The molecule has 2 unspecified atom stereocenters. The molecule has 4 aliphatic rings. The van der Waals surface area contributed by atoms with Crippen LogP contribution in [0.25, 0.3) is 0 Å². The molecule has 0 fully saturated rings. The molecule has 12 heavy (non-hydrogen) atoms. The first kappa shape index (κ1) is 5.36. The lowest BCUT2D eigenvalue weighted by Crippen LogP contribution is -2.45. The van der Waals surface area contributed by atoms with Gasteiger partial charge in [-0.1, -0.05) is 30.9 Å². The maximum Gasteiger partial charge on any atom is 0.0208 e. The van der Waals surface area contributed by atoms with E-state index in [4.69, 9.17) is 0 Å². The van der Waals surface area contributed by atoms with Crippen LogP contribution in [0.3, 0.4) is 0 Å². The van der Waals surface area contributed by atoms with Crippen LogP contribution in [0.1, 0.15) is 0 Å². The highest BCUT2D eigenvalue weighted by Gasteiger charge is 2.53. The third-order valence-corrected chi connectivity index (χ3v) is 3.54. The fraction of sp³-hybridized carbons (Fsp3) is 0.167. The molecule has 0 aromatic heterocycles. The first-order valence-electron chi connectivity index (χ1n) is 4.42. The van der Waals surface area contributed by atoms with Crippen LogP contribution in [0.4, 0.5) is 0 Å². The number of rotatable bonds is 1. The molecule has 0 saturated heterocycles. The Morgan fingerprint density at radius 3 is 2.75 bits per heavy atom. The van der Waals surface area contributed by atoms with Crippen LogP contribution in [0.15, 0.2) is 58.7 Å². The third kappa shape index (κ3) is 0.311. The number of hydrogen-bond acceptors (Lipinski definition) is 0. The third-order valence-electron chi connectivity index (χ3n) is 3.54. The SMILES string of the molecule is C=CC1=CC2=CC3=C4C=C1C4C23. The zero-order valence-corrected chi connectivity index (χ0v) is 6.67. The summed E-state index contributed by atoms with van der Waals surface area (Å²) in [6, 6.07) is 0. The Morgan fingerprint density at radius 1 is 1.08 bits per heavy atom. The fourth-order valence-electron chi connectivity index (χ4n) is 2.86. The predicted octanol–water partition coefficient (Wildman–Crippen LogP) is 2.54. The summed E-state index contributed by atoms with van der Waals surface area (Å²) >= 11 is 0. The molecule has 0 radical (unpaired) electrons. The van der Waals surface area contributed by atoms with E-state index < -0.39 is 0 Å². The van der Waals surface area contributed by atoms with Gasteiger partial charge in [-0.15, -0.1) is 0 Å². The molecule has 0 aromatic rings. The van der Waals surface area contributed by atoms with Gasteiger partial charge in [0, 0.05) is 11.8 Å². The summed E-state index contributed by atoms with van der Waals surface area (Å²) in [6.07, 6.45) is 8.93. The van der Waals surface area contributed by atoms with Gasteiger partial charge in [-0.25, -0.2) is 0 Å². The van der Waals surface area contributed by atoms with Gasteiger partial charge >= 0.3 is 0 Å². The van der Waals surface area contributed by atoms with E-state index in [-0.39, 0.29) is 0 Å². The number of hydrogen-bond donors (Lipinski definition) is 0. The average molecular weight is 152 g/mol. The Labute approximate surface area is 71.3 Å². The zero-order chi connectivity index (χ0) is 7.87. The van der Waals surface area contributed by atoms with Crippen LogP contribution in [0, 0.1) is 11.8 Å². The fourth-order valence-corrected chi connectivity index (χ4v) is 2.86. The predicted molar refractivity (Wildman–Crippen MR) is 48.5 cm³/mol. The molecular weight excluding hydrogens is 144 g/mol. The van der Waals surface area contributed by atoms with Crippen molar-refractivity contribution in [2.75, 3.05) is 0 Å². The van der Waals surface area contributed by atoms with Crippen molar-refractivity contribution in [3.05, 3.63) is 58.7 Å². The Kier molecular flexibility index (Phi) is 0.584. The van der Waals surface area contributed by atoms with Gasteiger partial charge in [0.25, 0.3) is 0 Å². The maximum atomic E-state index is 3.84. The van der Waals surface area contributed by atoms with Gasteiger partial charge in [0.15, 0.2) is 0 Å². The largest absolute Gasteiger partial charge is 0.0985 e. The van der Waals surface area contributed by atoms with Gasteiger partial charge in [0.05, 0.1) is 0 Å². The highest BCUT2D eigenvalue weighted by Crippen LogP contribution is 2.65. The first-order chi connectivity index (χ1) is 5.90. The van der Waals surface area contributed by atoms with E-state index in [1.165, 1.54) is 16.7 Å². The van der Waals surface area contributed by atoms with Crippen LogP contribution in [-0.4, -0.2) is 0 Å². The second-order valence-electron chi connectivity index (χ2n) is 3.91. The van der Waals surface area contributed by atoms with Crippen molar-refractivity contribution in [1.29, 1.82) is 0 Å². The summed E-state index contributed by atoms with van der Waals surface area (Å²) in [6.45, 7) is 3.84. The van der Waals surface area contributed by atoms with Crippen LogP contribution in [0.2, 0.25) is 0 Å². The van der Waals surface area contributed by atoms with Crippen molar-refractivity contribution in [2.24, 2.45) is 11.8 Å². The molecule has 0 amide bonds. The molecule has 0 spiro atoms. The standard InChI is InChI=1S/C12H8/c1-2-6-3-7-4-9-10-5-8(6)12(10)11(7)9/h2-5,11-12H,1H2. The topological polar surface area (TPSA) is 0 Å². The van der Waals surface area contributed by atoms with Crippen molar-refractivity contribution in [3.8, 4) is 0 Å². The molecule has 0 aliphatic heterocycles. The normalized spacial score (nSPS) is 37.8. The number of allylic oxidation sites excluding steroid dienone is 9. The molecule has 4 aliphatic carbocycles. The van der Waals surface area contributed by atoms with Crippen molar-refractivity contribution < 1.29 is 0 Å². The highest BCUT2D eigenvalue weighted by atomic mass is 14.6. The van der Waals surface area contributed by atoms with Crippen LogP contribution in [0.5, 0.6) is 0 Å². The second kappa shape index (κ2) is 1.31. The smallest absolute Gasteiger partial charge is 0.0208 e. The quantitative estimate of drug-likeness (QED) is 0.541.